The molecule has 0 aliphatic heterocycles. The predicted molar refractivity (Wildman–Crippen MR) is 100 cm³/mol. The summed E-state index contributed by atoms with van der Waals surface area (Å²) in [6.45, 7) is 10.5. The van der Waals surface area contributed by atoms with E-state index < -0.39 is 6.10 Å². The number of aliphatic hydroxyl groups excluding tert-OH is 1. The van der Waals surface area contributed by atoms with E-state index >= 15 is 0 Å². The number of Topliss-reactive ketones (excluding diaryl/α,β-unsaturated/α-hetero) is 1. The summed E-state index contributed by atoms with van der Waals surface area (Å²) in [7, 11) is 1.43. The summed E-state index contributed by atoms with van der Waals surface area (Å²) in [6.07, 6.45) is 6.68. The monoisotopic (exact) mass is 354 g/mol. The van der Waals surface area contributed by atoms with Crippen LogP contribution in [0.5, 0.6) is 0 Å². The summed E-state index contributed by atoms with van der Waals surface area (Å²) >= 11 is 0. The van der Waals surface area contributed by atoms with Crippen LogP contribution in [0.15, 0.2) is 0 Å². The zero-order chi connectivity index (χ0) is 19.3. The molecule has 146 valence electrons. The van der Waals surface area contributed by atoms with Crippen molar-refractivity contribution in [2.45, 2.75) is 92.1 Å². The molecule has 1 aliphatic carbocycles. The average Bonchev–Trinajstić information content (AvgIpc) is 2.50. The summed E-state index contributed by atoms with van der Waals surface area (Å²) < 4.78 is 4.75. The van der Waals surface area contributed by atoms with Gasteiger partial charge in [0.2, 0.25) is 0 Å². The highest BCUT2D eigenvalue weighted by Gasteiger charge is 2.46. The normalized spacial score (nSPS) is 28.2. The summed E-state index contributed by atoms with van der Waals surface area (Å²) in [5.74, 6) is 0.445. The predicted octanol–water partition coefficient (Wildman–Crippen LogP) is 4.53. The Hall–Kier alpha value is -0.900. The molecular weight excluding hydrogens is 316 g/mol. The molecule has 0 spiro atoms. The van der Waals surface area contributed by atoms with Gasteiger partial charge in [-0.2, -0.15) is 0 Å². The summed E-state index contributed by atoms with van der Waals surface area (Å²) in [6, 6.07) is 0. The zero-order valence-electron chi connectivity index (χ0n) is 17.1. The molecule has 0 aromatic carbocycles. The van der Waals surface area contributed by atoms with Gasteiger partial charge in [-0.25, -0.2) is 0 Å². The van der Waals surface area contributed by atoms with Crippen LogP contribution in [0, 0.1) is 22.7 Å². The van der Waals surface area contributed by atoms with Crippen LogP contribution in [0.25, 0.3) is 0 Å². The third-order valence-corrected chi connectivity index (χ3v) is 6.41. The Kier molecular flexibility index (Phi) is 8.11. The molecule has 0 aromatic heterocycles. The number of esters is 1. The number of ether oxygens (including phenoxy) is 1. The van der Waals surface area contributed by atoms with Crippen molar-refractivity contribution < 1.29 is 19.4 Å². The molecule has 0 amide bonds. The molecule has 1 N–H and O–H groups in total. The summed E-state index contributed by atoms with van der Waals surface area (Å²) in [5, 5.41) is 9.65. The Labute approximate surface area is 153 Å². The fraction of sp³-hybridized carbons (Fsp3) is 0.905. The minimum Gasteiger partial charge on any atom is -0.469 e. The maximum absolute atomic E-state index is 12.2. The van der Waals surface area contributed by atoms with Crippen molar-refractivity contribution >= 4 is 11.8 Å². The van der Waals surface area contributed by atoms with Crippen LogP contribution >= 0.6 is 0 Å². The second-order valence-corrected chi connectivity index (χ2v) is 9.17. The smallest absolute Gasteiger partial charge is 0.305 e. The van der Waals surface area contributed by atoms with Crippen molar-refractivity contribution in [3.05, 3.63) is 0 Å². The van der Waals surface area contributed by atoms with E-state index in [-0.39, 0.29) is 22.6 Å². The van der Waals surface area contributed by atoms with Crippen LogP contribution in [-0.2, 0) is 14.3 Å². The number of carbonyl (C=O) groups excluding carboxylic acids is 2. The maximum Gasteiger partial charge on any atom is 0.305 e. The molecule has 1 saturated carbocycles. The first-order valence-electron chi connectivity index (χ1n) is 9.79. The maximum atomic E-state index is 12.2. The van der Waals surface area contributed by atoms with Gasteiger partial charge >= 0.3 is 5.97 Å². The highest BCUT2D eigenvalue weighted by Crippen LogP contribution is 2.55. The van der Waals surface area contributed by atoms with E-state index in [2.05, 4.69) is 27.7 Å². The first-order valence-corrected chi connectivity index (χ1v) is 9.79. The van der Waals surface area contributed by atoms with Crippen molar-refractivity contribution in [3.8, 4) is 0 Å². The van der Waals surface area contributed by atoms with E-state index in [1.807, 2.05) is 0 Å². The summed E-state index contributed by atoms with van der Waals surface area (Å²) in [4.78, 5) is 23.6. The van der Waals surface area contributed by atoms with Crippen molar-refractivity contribution in [3.63, 3.8) is 0 Å². The van der Waals surface area contributed by atoms with Gasteiger partial charge in [-0.15, -0.1) is 0 Å². The largest absolute Gasteiger partial charge is 0.469 e. The minimum atomic E-state index is -0.873. The average molecular weight is 355 g/mol. The van der Waals surface area contributed by atoms with Crippen molar-refractivity contribution in [1.29, 1.82) is 0 Å². The molecule has 4 heteroatoms. The van der Waals surface area contributed by atoms with Gasteiger partial charge in [0.1, 0.15) is 6.10 Å². The number of ketones is 1. The number of carbonyl (C=O) groups is 2. The van der Waals surface area contributed by atoms with E-state index in [0.717, 1.165) is 32.1 Å². The second-order valence-electron chi connectivity index (χ2n) is 9.17. The standard InChI is InChI=1S/C21H38O4/c1-15(13-19(24)25-6)9-7-11-21(5)12-8-10-20(3,4)18(21)14-17(23)16(2)22/h15-16,18,22H,7-14H2,1-6H3/t15-,16+,18-,21-/m0/s1. The number of hydrogen-bond donors (Lipinski definition) is 1. The SMILES string of the molecule is COC(=O)C[C@@H](C)CCC[C@@]1(C)CCCC(C)(C)[C@@H]1CC(=O)[C@@H](C)O. The Bertz CT molecular complexity index is 455. The van der Waals surface area contributed by atoms with Gasteiger partial charge in [-0.1, -0.05) is 47.0 Å². The minimum absolute atomic E-state index is 0.0368. The third-order valence-electron chi connectivity index (χ3n) is 6.41. The molecule has 1 rings (SSSR count). The van der Waals surface area contributed by atoms with Crippen LogP contribution in [0.3, 0.4) is 0 Å². The lowest BCUT2D eigenvalue weighted by Crippen LogP contribution is -2.44. The second kappa shape index (κ2) is 9.16. The van der Waals surface area contributed by atoms with Gasteiger partial charge in [0, 0.05) is 12.8 Å². The fourth-order valence-corrected chi connectivity index (χ4v) is 4.76. The first kappa shape index (κ1) is 22.1. The lowest BCUT2D eigenvalue weighted by Gasteiger charge is -2.51. The van der Waals surface area contributed by atoms with Crippen molar-refractivity contribution in [2.75, 3.05) is 7.11 Å². The van der Waals surface area contributed by atoms with E-state index in [1.165, 1.54) is 13.5 Å². The Morgan fingerprint density at radius 3 is 2.40 bits per heavy atom. The van der Waals surface area contributed by atoms with Crippen molar-refractivity contribution in [2.24, 2.45) is 22.7 Å². The highest BCUT2D eigenvalue weighted by molar-refractivity contribution is 5.82. The number of methoxy groups -OCH3 is 1. The molecule has 4 nitrogen and oxygen atoms in total. The Morgan fingerprint density at radius 2 is 1.84 bits per heavy atom. The van der Waals surface area contributed by atoms with Gasteiger partial charge in [0.15, 0.2) is 5.78 Å². The van der Waals surface area contributed by atoms with E-state index in [4.69, 9.17) is 4.74 Å². The molecular formula is C21H38O4. The van der Waals surface area contributed by atoms with Gasteiger partial charge in [0.25, 0.3) is 0 Å². The third kappa shape index (κ3) is 6.40. The highest BCUT2D eigenvalue weighted by atomic mass is 16.5. The van der Waals surface area contributed by atoms with E-state index in [9.17, 15) is 14.7 Å². The quantitative estimate of drug-likeness (QED) is 0.618. The van der Waals surface area contributed by atoms with Crippen LogP contribution in [0.2, 0.25) is 0 Å². The Morgan fingerprint density at radius 1 is 1.20 bits per heavy atom. The molecule has 0 aromatic rings. The number of hydrogen-bond acceptors (Lipinski definition) is 4. The molecule has 0 heterocycles. The van der Waals surface area contributed by atoms with Crippen LogP contribution in [-0.4, -0.2) is 30.1 Å². The van der Waals surface area contributed by atoms with Crippen LogP contribution in [0.4, 0.5) is 0 Å². The molecule has 25 heavy (non-hydrogen) atoms. The van der Waals surface area contributed by atoms with E-state index in [1.54, 1.807) is 6.92 Å². The van der Waals surface area contributed by atoms with Crippen molar-refractivity contribution in [1.82, 2.24) is 0 Å². The topological polar surface area (TPSA) is 63.6 Å². The van der Waals surface area contributed by atoms with E-state index in [0.29, 0.717) is 24.7 Å². The molecule has 4 atom stereocenters. The lowest BCUT2D eigenvalue weighted by atomic mass is 9.53. The molecule has 0 bridgehead atoms. The van der Waals surface area contributed by atoms with Gasteiger partial charge in [-0.05, 0) is 48.9 Å². The molecule has 0 saturated heterocycles. The number of rotatable bonds is 9. The van der Waals surface area contributed by atoms with Crippen LogP contribution < -0.4 is 0 Å². The van der Waals surface area contributed by atoms with Crippen LogP contribution in [0.1, 0.15) is 86.0 Å². The van der Waals surface area contributed by atoms with Gasteiger partial charge in [0.05, 0.1) is 7.11 Å². The zero-order valence-corrected chi connectivity index (χ0v) is 17.1. The first-order chi connectivity index (χ1) is 11.5. The molecule has 0 radical (unpaired) electrons. The number of aliphatic hydroxyl groups is 1. The Balaban J connectivity index is 2.71. The van der Waals surface area contributed by atoms with Gasteiger partial charge in [-0.3, -0.25) is 9.59 Å². The van der Waals surface area contributed by atoms with Gasteiger partial charge < -0.3 is 9.84 Å². The molecule has 1 aliphatic rings. The fourth-order valence-electron chi connectivity index (χ4n) is 4.76. The lowest BCUT2D eigenvalue weighted by molar-refractivity contribution is -0.141. The summed E-state index contributed by atoms with van der Waals surface area (Å²) in [5.41, 5.74) is 0.243. The molecule has 0 unspecified atom stereocenters. The molecule has 1 fully saturated rings.